The number of carbonyl (C=O) groups excluding carboxylic acids is 1. The van der Waals surface area contributed by atoms with Crippen molar-refractivity contribution in [3.63, 3.8) is 0 Å². The maximum atomic E-state index is 11.3. The SMILES string of the molecule is CC(=O)[C@]1(C)CCC(C)=C1C. The maximum absolute atomic E-state index is 11.3. The Balaban J connectivity index is 3.01. The molecule has 0 aromatic carbocycles. The van der Waals surface area contributed by atoms with Crippen molar-refractivity contribution in [2.24, 2.45) is 5.41 Å². The van der Waals surface area contributed by atoms with E-state index in [1.54, 1.807) is 6.92 Å². The Hall–Kier alpha value is -0.590. The molecule has 62 valence electrons. The molecule has 0 spiro atoms. The molecule has 0 unspecified atom stereocenters. The highest BCUT2D eigenvalue weighted by atomic mass is 16.1. The summed E-state index contributed by atoms with van der Waals surface area (Å²) < 4.78 is 0. The first-order valence-electron chi connectivity index (χ1n) is 4.16. The van der Waals surface area contributed by atoms with Gasteiger partial charge in [0.15, 0.2) is 0 Å². The monoisotopic (exact) mass is 152 g/mol. The summed E-state index contributed by atoms with van der Waals surface area (Å²) in [5, 5.41) is 0. The van der Waals surface area contributed by atoms with E-state index >= 15 is 0 Å². The van der Waals surface area contributed by atoms with Crippen LogP contribution < -0.4 is 0 Å². The third-order valence-electron chi connectivity index (χ3n) is 3.24. The summed E-state index contributed by atoms with van der Waals surface area (Å²) in [6.07, 6.45) is 2.11. The van der Waals surface area contributed by atoms with Crippen LogP contribution in [0.15, 0.2) is 11.1 Å². The van der Waals surface area contributed by atoms with Crippen molar-refractivity contribution >= 4 is 5.78 Å². The molecule has 1 atom stereocenters. The van der Waals surface area contributed by atoms with Crippen LogP contribution in [0.4, 0.5) is 0 Å². The number of Topliss-reactive ketones (excluding diaryl/α,β-unsaturated/α-hetero) is 1. The number of ketones is 1. The van der Waals surface area contributed by atoms with Gasteiger partial charge >= 0.3 is 0 Å². The molecule has 0 aromatic heterocycles. The van der Waals surface area contributed by atoms with Gasteiger partial charge in [-0.25, -0.2) is 0 Å². The predicted molar refractivity (Wildman–Crippen MR) is 46.4 cm³/mol. The van der Waals surface area contributed by atoms with Gasteiger partial charge in [-0.05, 0) is 40.5 Å². The predicted octanol–water partition coefficient (Wildman–Crippen LogP) is 2.71. The zero-order valence-electron chi connectivity index (χ0n) is 7.82. The van der Waals surface area contributed by atoms with Crippen molar-refractivity contribution in [3.05, 3.63) is 11.1 Å². The van der Waals surface area contributed by atoms with Crippen LogP contribution in [0.3, 0.4) is 0 Å². The minimum atomic E-state index is -0.135. The van der Waals surface area contributed by atoms with Gasteiger partial charge in [0.25, 0.3) is 0 Å². The van der Waals surface area contributed by atoms with Crippen LogP contribution >= 0.6 is 0 Å². The van der Waals surface area contributed by atoms with E-state index in [1.165, 1.54) is 11.1 Å². The second kappa shape index (κ2) is 2.47. The van der Waals surface area contributed by atoms with Gasteiger partial charge in [0, 0.05) is 5.41 Å². The van der Waals surface area contributed by atoms with Gasteiger partial charge in [-0.2, -0.15) is 0 Å². The average Bonchev–Trinajstić information content (AvgIpc) is 2.18. The van der Waals surface area contributed by atoms with Crippen LogP contribution in [0.5, 0.6) is 0 Å². The van der Waals surface area contributed by atoms with Crippen molar-refractivity contribution in [2.75, 3.05) is 0 Å². The lowest BCUT2D eigenvalue weighted by Gasteiger charge is -2.22. The summed E-state index contributed by atoms with van der Waals surface area (Å²) in [4.78, 5) is 11.3. The molecule has 1 aliphatic carbocycles. The minimum absolute atomic E-state index is 0.135. The highest BCUT2D eigenvalue weighted by Gasteiger charge is 2.36. The standard InChI is InChI=1S/C10H16O/c1-7-5-6-10(4,8(7)2)9(3)11/h5-6H2,1-4H3/t10-/m1/s1. The van der Waals surface area contributed by atoms with E-state index in [0.29, 0.717) is 5.78 Å². The number of allylic oxidation sites excluding steroid dienone is 2. The Morgan fingerprint density at radius 3 is 2.18 bits per heavy atom. The Morgan fingerprint density at radius 1 is 1.45 bits per heavy atom. The second-order valence-corrected chi connectivity index (χ2v) is 3.79. The zero-order valence-corrected chi connectivity index (χ0v) is 7.82. The van der Waals surface area contributed by atoms with Crippen molar-refractivity contribution in [3.8, 4) is 0 Å². The van der Waals surface area contributed by atoms with Gasteiger partial charge in [-0.1, -0.05) is 11.1 Å². The fourth-order valence-corrected chi connectivity index (χ4v) is 1.72. The molecule has 0 aromatic rings. The van der Waals surface area contributed by atoms with E-state index in [4.69, 9.17) is 0 Å². The number of hydrogen-bond acceptors (Lipinski definition) is 1. The fourth-order valence-electron chi connectivity index (χ4n) is 1.72. The van der Waals surface area contributed by atoms with Gasteiger partial charge in [0.05, 0.1) is 0 Å². The Kier molecular flexibility index (Phi) is 1.91. The molecule has 1 nitrogen and oxygen atoms in total. The summed E-state index contributed by atoms with van der Waals surface area (Å²) >= 11 is 0. The molecule has 0 bridgehead atoms. The third kappa shape index (κ3) is 1.13. The van der Waals surface area contributed by atoms with E-state index in [9.17, 15) is 4.79 Å². The lowest BCUT2D eigenvalue weighted by Crippen LogP contribution is -2.23. The average molecular weight is 152 g/mol. The third-order valence-corrected chi connectivity index (χ3v) is 3.24. The molecule has 0 fully saturated rings. The van der Waals surface area contributed by atoms with Crippen molar-refractivity contribution in [1.82, 2.24) is 0 Å². The van der Waals surface area contributed by atoms with Crippen LogP contribution in [0.25, 0.3) is 0 Å². The minimum Gasteiger partial charge on any atom is -0.299 e. The van der Waals surface area contributed by atoms with Crippen molar-refractivity contribution < 1.29 is 4.79 Å². The first kappa shape index (κ1) is 8.51. The highest BCUT2D eigenvalue weighted by Crippen LogP contribution is 2.42. The van der Waals surface area contributed by atoms with Gasteiger partial charge in [-0.15, -0.1) is 0 Å². The van der Waals surface area contributed by atoms with E-state index in [1.807, 2.05) is 0 Å². The molecule has 1 heteroatoms. The van der Waals surface area contributed by atoms with E-state index in [2.05, 4.69) is 20.8 Å². The normalized spacial score (nSPS) is 31.3. The summed E-state index contributed by atoms with van der Waals surface area (Å²) in [6, 6.07) is 0. The maximum Gasteiger partial charge on any atom is 0.139 e. The van der Waals surface area contributed by atoms with Crippen LogP contribution in [0, 0.1) is 5.41 Å². The molecule has 11 heavy (non-hydrogen) atoms. The van der Waals surface area contributed by atoms with Gasteiger partial charge in [0.1, 0.15) is 5.78 Å². The zero-order chi connectivity index (χ0) is 8.65. The molecular weight excluding hydrogens is 136 g/mol. The lowest BCUT2D eigenvalue weighted by molar-refractivity contribution is -0.123. The summed E-state index contributed by atoms with van der Waals surface area (Å²) in [5.41, 5.74) is 2.57. The summed E-state index contributed by atoms with van der Waals surface area (Å²) in [5.74, 6) is 0.312. The van der Waals surface area contributed by atoms with Gasteiger partial charge < -0.3 is 0 Å². The molecule has 0 N–H and O–H groups in total. The van der Waals surface area contributed by atoms with E-state index < -0.39 is 0 Å². The first-order valence-corrected chi connectivity index (χ1v) is 4.16. The van der Waals surface area contributed by atoms with E-state index in [-0.39, 0.29) is 5.41 Å². The smallest absolute Gasteiger partial charge is 0.139 e. The molecule has 1 aliphatic rings. The van der Waals surface area contributed by atoms with Crippen LogP contribution in [-0.4, -0.2) is 5.78 Å². The van der Waals surface area contributed by atoms with Crippen LogP contribution in [0.2, 0.25) is 0 Å². The Labute approximate surface area is 68.5 Å². The lowest BCUT2D eigenvalue weighted by atomic mass is 9.80. The molecule has 0 amide bonds. The molecule has 0 radical (unpaired) electrons. The number of carbonyl (C=O) groups is 1. The van der Waals surface area contributed by atoms with Crippen LogP contribution in [0.1, 0.15) is 40.5 Å². The highest BCUT2D eigenvalue weighted by molar-refractivity contribution is 5.85. The molecule has 0 heterocycles. The Bertz CT molecular complexity index is 225. The van der Waals surface area contributed by atoms with Crippen molar-refractivity contribution in [2.45, 2.75) is 40.5 Å². The molecule has 1 rings (SSSR count). The quantitative estimate of drug-likeness (QED) is 0.528. The topological polar surface area (TPSA) is 17.1 Å². The molecule has 0 saturated carbocycles. The number of hydrogen-bond donors (Lipinski definition) is 0. The molecule has 0 saturated heterocycles. The van der Waals surface area contributed by atoms with Crippen LogP contribution in [-0.2, 0) is 4.79 Å². The second-order valence-electron chi connectivity index (χ2n) is 3.79. The largest absolute Gasteiger partial charge is 0.299 e. The Morgan fingerprint density at radius 2 is 2.00 bits per heavy atom. The molecular formula is C10H16O. The number of rotatable bonds is 1. The first-order chi connectivity index (χ1) is 4.98. The summed E-state index contributed by atoms with van der Waals surface area (Å²) in [7, 11) is 0. The molecule has 0 aliphatic heterocycles. The van der Waals surface area contributed by atoms with E-state index in [0.717, 1.165) is 12.8 Å². The van der Waals surface area contributed by atoms with Crippen molar-refractivity contribution in [1.29, 1.82) is 0 Å². The fraction of sp³-hybridized carbons (Fsp3) is 0.700. The van der Waals surface area contributed by atoms with Gasteiger partial charge in [-0.3, -0.25) is 4.79 Å². The van der Waals surface area contributed by atoms with Gasteiger partial charge in [0.2, 0.25) is 0 Å². The summed E-state index contributed by atoms with van der Waals surface area (Å²) in [6.45, 7) is 7.97.